The summed E-state index contributed by atoms with van der Waals surface area (Å²) in [6.45, 7) is 9.46. The van der Waals surface area contributed by atoms with E-state index in [4.69, 9.17) is 5.73 Å². The SMILES string of the molecule is CCCNC(C)(CCCN1CCCC1CC)C(N)=O. The zero-order valence-corrected chi connectivity index (χ0v) is 12.9. The van der Waals surface area contributed by atoms with E-state index < -0.39 is 5.54 Å². The molecule has 0 aliphatic carbocycles. The van der Waals surface area contributed by atoms with Crippen LogP contribution in [-0.4, -0.2) is 42.0 Å². The number of hydrogen-bond donors (Lipinski definition) is 2. The van der Waals surface area contributed by atoms with Crippen molar-refractivity contribution >= 4 is 5.91 Å². The van der Waals surface area contributed by atoms with E-state index in [2.05, 4.69) is 24.1 Å². The monoisotopic (exact) mass is 269 g/mol. The van der Waals surface area contributed by atoms with Crippen LogP contribution >= 0.6 is 0 Å². The van der Waals surface area contributed by atoms with Gasteiger partial charge in [-0.15, -0.1) is 0 Å². The standard InChI is InChI=1S/C15H31N3O/c1-4-10-17-15(3,14(16)19)9-7-12-18-11-6-8-13(18)5-2/h13,17H,4-12H2,1-3H3,(H2,16,19). The number of carbonyl (C=O) groups is 1. The maximum absolute atomic E-state index is 11.6. The minimum Gasteiger partial charge on any atom is -0.368 e. The molecule has 1 aliphatic rings. The van der Waals surface area contributed by atoms with E-state index >= 15 is 0 Å². The highest BCUT2D eigenvalue weighted by molar-refractivity contribution is 5.84. The van der Waals surface area contributed by atoms with Crippen LogP contribution in [0.5, 0.6) is 0 Å². The van der Waals surface area contributed by atoms with Gasteiger partial charge >= 0.3 is 0 Å². The van der Waals surface area contributed by atoms with Crippen LogP contribution in [0.25, 0.3) is 0 Å². The Hall–Kier alpha value is -0.610. The number of nitrogens with zero attached hydrogens (tertiary/aromatic N) is 1. The van der Waals surface area contributed by atoms with Crippen molar-refractivity contribution in [3.8, 4) is 0 Å². The minimum absolute atomic E-state index is 0.227. The van der Waals surface area contributed by atoms with E-state index in [1.165, 1.54) is 25.8 Å². The molecule has 0 bridgehead atoms. The lowest BCUT2D eigenvalue weighted by Crippen LogP contribution is -2.53. The molecule has 1 heterocycles. The Morgan fingerprint density at radius 3 is 2.79 bits per heavy atom. The first kappa shape index (κ1) is 16.4. The van der Waals surface area contributed by atoms with Crippen molar-refractivity contribution in [1.29, 1.82) is 0 Å². The van der Waals surface area contributed by atoms with E-state index in [-0.39, 0.29) is 5.91 Å². The van der Waals surface area contributed by atoms with Gasteiger partial charge in [0.15, 0.2) is 0 Å². The third-order valence-electron chi connectivity index (χ3n) is 4.40. The molecule has 4 nitrogen and oxygen atoms in total. The number of amides is 1. The number of rotatable bonds is 9. The molecule has 0 saturated carbocycles. The first-order chi connectivity index (χ1) is 9.03. The quantitative estimate of drug-likeness (QED) is 0.672. The molecule has 1 aliphatic heterocycles. The average molecular weight is 269 g/mol. The number of nitrogens with one attached hydrogen (secondary N) is 1. The number of nitrogens with two attached hydrogens (primary N) is 1. The van der Waals surface area contributed by atoms with Crippen LogP contribution in [0.1, 0.15) is 59.3 Å². The first-order valence-electron chi connectivity index (χ1n) is 7.82. The Balaban J connectivity index is 2.37. The lowest BCUT2D eigenvalue weighted by Gasteiger charge is -2.29. The Morgan fingerprint density at radius 1 is 1.47 bits per heavy atom. The van der Waals surface area contributed by atoms with Gasteiger partial charge < -0.3 is 16.0 Å². The maximum atomic E-state index is 11.6. The molecule has 1 saturated heterocycles. The van der Waals surface area contributed by atoms with Gasteiger partial charge in [0, 0.05) is 6.04 Å². The summed E-state index contributed by atoms with van der Waals surface area (Å²) in [5.41, 5.74) is 5.00. The molecule has 0 spiro atoms. The van der Waals surface area contributed by atoms with Crippen LogP contribution in [0, 0.1) is 0 Å². The molecule has 2 atom stereocenters. The van der Waals surface area contributed by atoms with Gasteiger partial charge in [-0.1, -0.05) is 13.8 Å². The first-order valence-corrected chi connectivity index (χ1v) is 7.82. The lowest BCUT2D eigenvalue weighted by atomic mass is 9.94. The normalized spacial score (nSPS) is 23.4. The van der Waals surface area contributed by atoms with E-state index in [1.807, 2.05) is 6.92 Å². The molecule has 0 aromatic heterocycles. The van der Waals surface area contributed by atoms with Crippen LogP contribution < -0.4 is 11.1 Å². The van der Waals surface area contributed by atoms with E-state index in [9.17, 15) is 4.79 Å². The summed E-state index contributed by atoms with van der Waals surface area (Å²) in [6, 6.07) is 0.753. The van der Waals surface area contributed by atoms with Crippen molar-refractivity contribution in [3.63, 3.8) is 0 Å². The molecule has 1 rings (SSSR count). The molecule has 3 N–H and O–H groups in total. The maximum Gasteiger partial charge on any atom is 0.237 e. The minimum atomic E-state index is -0.544. The van der Waals surface area contributed by atoms with Crippen LogP contribution in [0.3, 0.4) is 0 Å². The van der Waals surface area contributed by atoms with Crippen LogP contribution in [0.15, 0.2) is 0 Å². The van der Waals surface area contributed by atoms with E-state index in [0.717, 1.165) is 38.4 Å². The highest BCUT2D eigenvalue weighted by Crippen LogP contribution is 2.21. The van der Waals surface area contributed by atoms with E-state index in [0.29, 0.717) is 0 Å². The highest BCUT2D eigenvalue weighted by atomic mass is 16.1. The van der Waals surface area contributed by atoms with Crippen LogP contribution in [-0.2, 0) is 4.79 Å². The van der Waals surface area contributed by atoms with Gasteiger partial charge in [0.2, 0.25) is 5.91 Å². The fourth-order valence-electron chi connectivity index (χ4n) is 2.99. The summed E-state index contributed by atoms with van der Waals surface area (Å²) in [7, 11) is 0. The Bertz CT molecular complexity index is 283. The van der Waals surface area contributed by atoms with Crippen molar-refractivity contribution in [2.45, 2.75) is 70.9 Å². The van der Waals surface area contributed by atoms with Gasteiger partial charge in [0.1, 0.15) is 0 Å². The van der Waals surface area contributed by atoms with Gasteiger partial charge in [-0.25, -0.2) is 0 Å². The Labute approximate surface area is 118 Å². The molecule has 0 radical (unpaired) electrons. The molecule has 0 aromatic carbocycles. The smallest absolute Gasteiger partial charge is 0.237 e. The second kappa shape index (κ2) is 7.85. The third-order valence-corrected chi connectivity index (χ3v) is 4.40. The van der Waals surface area contributed by atoms with Crippen molar-refractivity contribution in [3.05, 3.63) is 0 Å². The highest BCUT2D eigenvalue weighted by Gasteiger charge is 2.30. The predicted molar refractivity (Wildman–Crippen MR) is 80.0 cm³/mol. The summed E-state index contributed by atoms with van der Waals surface area (Å²) in [6.07, 6.45) is 6.77. The number of carbonyl (C=O) groups excluding carboxylic acids is 1. The van der Waals surface area contributed by atoms with Gasteiger partial charge in [0.05, 0.1) is 5.54 Å². The Morgan fingerprint density at radius 2 is 2.21 bits per heavy atom. The second-order valence-corrected chi connectivity index (χ2v) is 5.97. The average Bonchev–Trinajstić information content (AvgIpc) is 2.83. The summed E-state index contributed by atoms with van der Waals surface area (Å²) < 4.78 is 0. The summed E-state index contributed by atoms with van der Waals surface area (Å²) in [4.78, 5) is 14.2. The number of hydrogen-bond acceptors (Lipinski definition) is 3. The molecule has 1 fully saturated rings. The van der Waals surface area contributed by atoms with Crippen molar-refractivity contribution < 1.29 is 4.79 Å². The largest absolute Gasteiger partial charge is 0.368 e. The van der Waals surface area contributed by atoms with Crippen molar-refractivity contribution in [1.82, 2.24) is 10.2 Å². The van der Waals surface area contributed by atoms with Crippen molar-refractivity contribution in [2.24, 2.45) is 5.73 Å². The molecule has 19 heavy (non-hydrogen) atoms. The molecular weight excluding hydrogens is 238 g/mol. The second-order valence-electron chi connectivity index (χ2n) is 5.97. The molecule has 2 unspecified atom stereocenters. The fourth-order valence-corrected chi connectivity index (χ4v) is 2.99. The molecule has 4 heteroatoms. The fraction of sp³-hybridized carbons (Fsp3) is 0.933. The van der Waals surface area contributed by atoms with Gasteiger partial charge in [-0.05, 0) is 65.1 Å². The number of primary amides is 1. The van der Waals surface area contributed by atoms with Gasteiger partial charge in [-0.3, -0.25) is 4.79 Å². The summed E-state index contributed by atoms with van der Waals surface area (Å²) >= 11 is 0. The molecule has 112 valence electrons. The molecular formula is C15H31N3O. The third kappa shape index (κ3) is 4.77. The summed E-state index contributed by atoms with van der Waals surface area (Å²) in [5.74, 6) is -0.227. The van der Waals surface area contributed by atoms with E-state index in [1.54, 1.807) is 0 Å². The van der Waals surface area contributed by atoms with Crippen molar-refractivity contribution in [2.75, 3.05) is 19.6 Å². The predicted octanol–water partition coefficient (Wildman–Crippen LogP) is 1.88. The molecule has 0 aromatic rings. The van der Waals surface area contributed by atoms with Gasteiger partial charge in [-0.2, -0.15) is 0 Å². The van der Waals surface area contributed by atoms with Gasteiger partial charge in [0.25, 0.3) is 0 Å². The zero-order valence-electron chi connectivity index (χ0n) is 12.9. The van der Waals surface area contributed by atoms with Crippen LogP contribution in [0.4, 0.5) is 0 Å². The van der Waals surface area contributed by atoms with Crippen LogP contribution in [0.2, 0.25) is 0 Å². The topological polar surface area (TPSA) is 58.4 Å². The zero-order chi connectivity index (χ0) is 14.3. The summed E-state index contributed by atoms with van der Waals surface area (Å²) in [5, 5.41) is 3.30. The Kier molecular flexibility index (Phi) is 6.80. The molecule has 1 amide bonds. The number of likely N-dealkylation sites (tertiary alicyclic amines) is 1. The lowest BCUT2D eigenvalue weighted by molar-refractivity contribution is -0.124.